The molecule has 0 saturated heterocycles. The van der Waals surface area contributed by atoms with E-state index in [1.807, 2.05) is 25.1 Å². The van der Waals surface area contributed by atoms with Gasteiger partial charge in [0.05, 0.1) is 17.5 Å². The predicted molar refractivity (Wildman–Crippen MR) is 94.7 cm³/mol. The third kappa shape index (κ3) is 3.42. The Balaban J connectivity index is 1.93. The Morgan fingerprint density at radius 3 is 2.78 bits per heavy atom. The van der Waals surface area contributed by atoms with Gasteiger partial charge in [-0.05, 0) is 65.4 Å². The first-order valence-electron chi connectivity index (χ1n) is 6.79. The molecule has 0 amide bonds. The van der Waals surface area contributed by atoms with Crippen LogP contribution in [0.25, 0.3) is 11.5 Å². The first-order chi connectivity index (χ1) is 11.0. The molecule has 23 heavy (non-hydrogen) atoms. The molecule has 0 atom stereocenters. The van der Waals surface area contributed by atoms with Crippen LogP contribution in [0.4, 0.5) is 10.1 Å². The molecular weight excluding hydrogens is 410 g/mol. The molecule has 3 aromatic rings. The number of hydrogen-bond acceptors (Lipinski definition) is 4. The molecule has 0 aliphatic carbocycles. The number of halogens is 2. The average molecular weight is 422 g/mol. The third-order valence-corrected chi connectivity index (χ3v) is 3.89. The van der Waals surface area contributed by atoms with E-state index in [0.717, 1.165) is 14.8 Å². The van der Waals surface area contributed by atoms with Gasteiger partial charge in [-0.25, -0.2) is 9.37 Å². The summed E-state index contributed by atoms with van der Waals surface area (Å²) in [5.41, 5.74) is 2.11. The summed E-state index contributed by atoms with van der Waals surface area (Å²) in [7, 11) is 0. The van der Waals surface area contributed by atoms with Crippen LogP contribution in [0.3, 0.4) is 0 Å². The molecule has 0 aliphatic heterocycles. The maximum absolute atomic E-state index is 13.7. The Labute approximate surface area is 145 Å². The van der Waals surface area contributed by atoms with Gasteiger partial charge in [-0.3, -0.25) is 4.99 Å². The van der Waals surface area contributed by atoms with Gasteiger partial charge in [-0.2, -0.15) is 0 Å². The second kappa shape index (κ2) is 6.49. The zero-order chi connectivity index (χ0) is 16.4. The molecule has 1 heterocycles. The van der Waals surface area contributed by atoms with Crippen molar-refractivity contribution in [3.8, 4) is 17.4 Å². The summed E-state index contributed by atoms with van der Waals surface area (Å²) in [6.45, 7) is 1.95. The number of aromatic hydroxyl groups is 1. The van der Waals surface area contributed by atoms with E-state index in [2.05, 4.69) is 32.6 Å². The van der Waals surface area contributed by atoms with E-state index in [0.29, 0.717) is 0 Å². The Morgan fingerprint density at radius 1 is 1.26 bits per heavy atom. The van der Waals surface area contributed by atoms with Crippen LogP contribution in [0.15, 0.2) is 51.9 Å². The lowest BCUT2D eigenvalue weighted by molar-refractivity contribution is 0.336. The normalized spacial score (nSPS) is 11.3. The summed E-state index contributed by atoms with van der Waals surface area (Å²) in [5.74, 6) is -0.845. The summed E-state index contributed by atoms with van der Waals surface area (Å²) in [5, 5.41) is 9.83. The number of aromatic nitrogens is 1. The van der Waals surface area contributed by atoms with Crippen molar-refractivity contribution in [1.82, 2.24) is 4.98 Å². The summed E-state index contributed by atoms with van der Waals surface area (Å²) >= 11 is 2.23. The highest BCUT2D eigenvalue weighted by Gasteiger charge is 2.15. The summed E-state index contributed by atoms with van der Waals surface area (Å²) < 4.78 is 20.0. The minimum Gasteiger partial charge on any atom is -0.479 e. The Kier molecular flexibility index (Phi) is 4.42. The van der Waals surface area contributed by atoms with Crippen molar-refractivity contribution in [2.75, 3.05) is 0 Å². The standard InChI is InChI=1S/C17H12FIN2O2/c1-10-8-11(19)6-7-14(10)20-9-15-17(22)23-16(21-15)12-4-2-3-5-13(12)18/h2-9,22H,1H3. The summed E-state index contributed by atoms with van der Waals surface area (Å²) in [6.07, 6.45) is 1.40. The Morgan fingerprint density at radius 2 is 2.04 bits per heavy atom. The fraction of sp³-hybridized carbons (Fsp3) is 0.0588. The maximum Gasteiger partial charge on any atom is 0.312 e. The quantitative estimate of drug-likeness (QED) is 0.485. The van der Waals surface area contributed by atoms with Crippen LogP contribution in [-0.2, 0) is 0 Å². The van der Waals surface area contributed by atoms with Crippen LogP contribution in [0.2, 0.25) is 0 Å². The smallest absolute Gasteiger partial charge is 0.312 e. The van der Waals surface area contributed by atoms with Crippen molar-refractivity contribution >= 4 is 34.5 Å². The van der Waals surface area contributed by atoms with E-state index in [4.69, 9.17) is 4.42 Å². The number of benzene rings is 2. The second-order valence-electron chi connectivity index (χ2n) is 4.88. The molecule has 0 bridgehead atoms. The van der Waals surface area contributed by atoms with E-state index < -0.39 is 11.8 Å². The molecule has 0 radical (unpaired) electrons. The molecule has 116 valence electrons. The molecular formula is C17H12FIN2O2. The molecule has 1 aromatic heterocycles. The van der Waals surface area contributed by atoms with Crippen LogP contribution in [0.1, 0.15) is 11.3 Å². The SMILES string of the molecule is Cc1cc(I)ccc1N=Cc1nc(-c2ccccc2F)oc1O. The fourth-order valence-electron chi connectivity index (χ4n) is 2.05. The van der Waals surface area contributed by atoms with E-state index in [-0.39, 0.29) is 17.1 Å². The predicted octanol–water partition coefficient (Wildman–Crippen LogP) is 4.85. The fourth-order valence-corrected chi connectivity index (χ4v) is 2.70. The van der Waals surface area contributed by atoms with Crippen molar-refractivity contribution in [2.24, 2.45) is 4.99 Å². The highest BCUT2D eigenvalue weighted by molar-refractivity contribution is 14.1. The van der Waals surface area contributed by atoms with Gasteiger partial charge in [0.2, 0.25) is 5.89 Å². The number of rotatable bonds is 3. The lowest BCUT2D eigenvalue weighted by atomic mass is 10.2. The topological polar surface area (TPSA) is 58.6 Å². The molecule has 6 heteroatoms. The van der Waals surface area contributed by atoms with E-state index in [1.165, 1.54) is 18.3 Å². The molecule has 3 rings (SSSR count). The van der Waals surface area contributed by atoms with Gasteiger partial charge in [-0.1, -0.05) is 12.1 Å². The van der Waals surface area contributed by atoms with Crippen LogP contribution >= 0.6 is 22.6 Å². The van der Waals surface area contributed by atoms with Gasteiger partial charge in [0, 0.05) is 3.57 Å². The van der Waals surface area contributed by atoms with E-state index in [9.17, 15) is 9.50 Å². The van der Waals surface area contributed by atoms with Crippen LogP contribution in [0, 0.1) is 16.3 Å². The second-order valence-corrected chi connectivity index (χ2v) is 6.12. The highest BCUT2D eigenvalue weighted by atomic mass is 127. The molecule has 0 spiro atoms. The Bertz CT molecular complexity index is 890. The van der Waals surface area contributed by atoms with Crippen LogP contribution in [-0.4, -0.2) is 16.3 Å². The van der Waals surface area contributed by atoms with Gasteiger partial charge in [0.15, 0.2) is 5.69 Å². The van der Waals surface area contributed by atoms with Gasteiger partial charge >= 0.3 is 5.95 Å². The van der Waals surface area contributed by atoms with Crippen LogP contribution < -0.4 is 0 Å². The van der Waals surface area contributed by atoms with Crippen molar-refractivity contribution in [2.45, 2.75) is 6.92 Å². The van der Waals surface area contributed by atoms with E-state index in [1.54, 1.807) is 12.1 Å². The van der Waals surface area contributed by atoms with Gasteiger partial charge in [0.25, 0.3) is 0 Å². The first kappa shape index (κ1) is 15.7. The summed E-state index contributed by atoms with van der Waals surface area (Å²) in [6, 6.07) is 11.9. The zero-order valence-electron chi connectivity index (χ0n) is 12.1. The zero-order valence-corrected chi connectivity index (χ0v) is 14.3. The van der Waals surface area contributed by atoms with Crippen molar-refractivity contribution in [3.63, 3.8) is 0 Å². The molecule has 0 unspecified atom stereocenters. The minimum absolute atomic E-state index is 0.0152. The van der Waals surface area contributed by atoms with Gasteiger partial charge in [-0.15, -0.1) is 0 Å². The number of aliphatic imine (C=N–C) groups is 1. The monoisotopic (exact) mass is 422 g/mol. The number of oxazole rings is 1. The lowest BCUT2D eigenvalue weighted by Gasteiger charge is -1.99. The molecule has 0 aliphatic rings. The molecule has 2 aromatic carbocycles. The lowest BCUT2D eigenvalue weighted by Crippen LogP contribution is -1.86. The third-order valence-electron chi connectivity index (χ3n) is 3.22. The minimum atomic E-state index is -0.467. The van der Waals surface area contributed by atoms with Crippen molar-refractivity contribution in [1.29, 1.82) is 0 Å². The highest BCUT2D eigenvalue weighted by Crippen LogP contribution is 2.28. The largest absolute Gasteiger partial charge is 0.479 e. The number of aryl methyl sites for hydroxylation is 1. The van der Waals surface area contributed by atoms with Gasteiger partial charge in [0.1, 0.15) is 5.82 Å². The number of nitrogens with zero attached hydrogens (tertiary/aromatic N) is 2. The molecule has 0 fully saturated rings. The Hall–Kier alpha value is -2.22. The van der Waals surface area contributed by atoms with Crippen molar-refractivity contribution < 1.29 is 13.9 Å². The van der Waals surface area contributed by atoms with Gasteiger partial charge < -0.3 is 9.52 Å². The molecule has 1 N–H and O–H groups in total. The molecule has 4 nitrogen and oxygen atoms in total. The number of hydrogen-bond donors (Lipinski definition) is 1. The summed E-state index contributed by atoms with van der Waals surface area (Å²) in [4.78, 5) is 8.40. The maximum atomic E-state index is 13.7. The van der Waals surface area contributed by atoms with E-state index >= 15 is 0 Å². The first-order valence-corrected chi connectivity index (χ1v) is 7.87. The van der Waals surface area contributed by atoms with Crippen molar-refractivity contribution in [3.05, 3.63) is 63.1 Å². The average Bonchev–Trinajstić information content (AvgIpc) is 2.88. The molecule has 0 saturated carbocycles. The van der Waals surface area contributed by atoms with Crippen LogP contribution in [0.5, 0.6) is 5.95 Å².